The molecule has 1 atom stereocenters. The summed E-state index contributed by atoms with van der Waals surface area (Å²) in [5.41, 5.74) is 0. The second-order valence-electron chi connectivity index (χ2n) is 2.38. The van der Waals surface area contributed by atoms with Crippen molar-refractivity contribution in [2.24, 2.45) is 5.92 Å². The van der Waals surface area contributed by atoms with E-state index in [4.69, 9.17) is 0 Å². The molecule has 0 bridgehead atoms. The van der Waals surface area contributed by atoms with Gasteiger partial charge in [0, 0.05) is 32.7 Å². The molecule has 0 amide bonds. The molecule has 1 rings (SSSR count). The molecule has 0 heterocycles. The van der Waals surface area contributed by atoms with Crippen molar-refractivity contribution in [2.45, 2.75) is 32.6 Å². The van der Waals surface area contributed by atoms with E-state index in [1.807, 2.05) is 0 Å². The van der Waals surface area contributed by atoms with Crippen molar-refractivity contribution in [1.29, 1.82) is 0 Å². The first kappa shape index (κ1) is 12.8. The van der Waals surface area contributed by atoms with Crippen LogP contribution in [-0.2, 0) is 32.7 Å². The van der Waals surface area contributed by atoms with Gasteiger partial charge in [-0.1, -0.05) is 25.7 Å². The van der Waals surface area contributed by atoms with E-state index in [9.17, 15) is 0 Å². The van der Waals surface area contributed by atoms with Crippen LogP contribution in [0.3, 0.4) is 0 Å². The second-order valence-corrected chi connectivity index (χ2v) is 2.38. The van der Waals surface area contributed by atoms with Gasteiger partial charge in [0.1, 0.15) is 0 Å². The summed E-state index contributed by atoms with van der Waals surface area (Å²) in [6.45, 7) is 2.28. The average Bonchev–Trinajstić information content (AvgIpc) is 2.14. The summed E-state index contributed by atoms with van der Waals surface area (Å²) in [5.74, 6) is 1.04. The summed E-state index contributed by atoms with van der Waals surface area (Å²) in [6.07, 6.45) is 8.01. The van der Waals surface area contributed by atoms with Gasteiger partial charge in [-0.2, -0.15) is 12.8 Å². The van der Waals surface area contributed by atoms with Crippen LogP contribution in [-0.4, -0.2) is 0 Å². The maximum absolute atomic E-state index is 2.41. The largest absolute Gasteiger partial charge is 0.358 e. The zero-order valence-corrected chi connectivity index (χ0v) is 9.40. The molecular weight excluding hydrogens is 185 g/mol. The van der Waals surface area contributed by atoms with Crippen LogP contribution in [0.1, 0.15) is 32.6 Å². The van der Waals surface area contributed by atoms with Gasteiger partial charge < -0.3 is 13.8 Å². The fourth-order valence-electron chi connectivity index (χ4n) is 1.20. The summed E-state index contributed by atoms with van der Waals surface area (Å²) in [4.78, 5) is 0. The van der Waals surface area contributed by atoms with E-state index in [0.717, 1.165) is 5.92 Å². The van der Waals surface area contributed by atoms with Crippen LogP contribution in [0, 0.1) is 19.8 Å². The summed E-state index contributed by atoms with van der Waals surface area (Å²) < 4.78 is 0. The van der Waals surface area contributed by atoms with E-state index in [-0.39, 0.29) is 40.1 Å². The minimum Gasteiger partial charge on any atom is -0.358 e. The van der Waals surface area contributed by atoms with Gasteiger partial charge in [0.05, 0.1) is 0 Å². The van der Waals surface area contributed by atoms with Crippen LogP contribution in [0.25, 0.3) is 0 Å². The van der Waals surface area contributed by atoms with E-state index >= 15 is 0 Å². The predicted molar refractivity (Wildman–Crippen MR) is 38.3 cm³/mol. The van der Waals surface area contributed by atoms with Crippen molar-refractivity contribution in [3.05, 3.63) is 13.8 Å². The molecule has 1 fully saturated rings. The van der Waals surface area contributed by atoms with Crippen molar-refractivity contribution < 1.29 is 32.7 Å². The Kier molecular flexibility index (Phi) is 10.2. The van der Waals surface area contributed by atoms with Crippen molar-refractivity contribution in [1.82, 2.24) is 0 Å². The van der Waals surface area contributed by atoms with Gasteiger partial charge in [-0.25, -0.2) is 0 Å². The molecule has 1 aliphatic rings. The molecule has 0 aromatic carbocycles. The van der Waals surface area contributed by atoms with Gasteiger partial charge in [-0.15, -0.1) is 0 Å². The Bertz CT molecular complexity index is 46.5. The molecule has 1 radical (unpaired) electrons. The molecule has 0 saturated heterocycles. The molecule has 1 aliphatic carbocycles. The fourth-order valence-corrected chi connectivity index (χ4v) is 1.20. The van der Waals surface area contributed by atoms with Crippen LogP contribution in [0.5, 0.6) is 0 Å². The minimum atomic E-state index is 0. The smallest absolute Gasteiger partial charge is 0 e. The number of hydrogen-bond acceptors (Lipinski definition) is 0. The van der Waals surface area contributed by atoms with Crippen LogP contribution in [0.4, 0.5) is 0 Å². The van der Waals surface area contributed by atoms with Gasteiger partial charge in [0.15, 0.2) is 0 Å². The average molecular weight is 201 g/mol. The summed E-state index contributed by atoms with van der Waals surface area (Å²) in [6, 6.07) is 0. The Balaban J connectivity index is 0. The summed E-state index contributed by atoms with van der Waals surface area (Å²) in [5, 5.41) is 0. The van der Waals surface area contributed by atoms with Crippen LogP contribution >= 0.6 is 0 Å². The second kappa shape index (κ2) is 7.21. The van der Waals surface area contributed by atoms with Crippen molar-refractivity contribution >= 4 is 0 Å². The van der Waals surface area contributed by atoms with Gasteiger partial charge in [-0.3, -0.25) is 0 Å². The maximum Gasteiger partial charge on any atom is 0 e. The Morgan fingerprint density at radius 2 is 2.22 bits per heavy atom. The summed E-state index contributed by atoms with van der Waals surface area (Å²) >= 11 is 0. The topological polar surface area (TPSA) is 0 Å². The van der Waals surface area contributed by atoms with E-state index in [2.05, 4.69) is 13.3 Å². The molecule has 0 aromatic rings. The number of rotatable bonds is 1. The third-order valence-electron chi connectivity index (χ3n) is 1.86. The molecule has 1 unspecified atom stereocenters. The standard InChI is InChI=1S/C7H13.CH3.Y/c1-2-7-5-3-4-6-7;;/h3,7H,2,4-6H2,1H3;1H3;/q2*-1;. The third-order valence-corrected chi connectivity index (χ3v) is 1.86. The molecule has 53 valence electrons. The van der Waals surface area contributed by atoms with Gasteiger partial charge in [0.2, 0.25) is 0 Å². The van der Waals surface area contributed by atoms with Crippen molar-refractivity contribution in [3.8, 4) is 0 Å². The molecule has 1 saturated carbocycles. The zero-order valence-electron chi connectivity index (χ0n) is 6.56. The van der Waals surface area contributed by atoms with Crippen molar-refractivity contribution in [2.75, 3.05) is 0 Å². The zero-order chi connectivity index (χ0) is 5.11. The molecule has 0 nitrogen and oxygen atoms in total. The SMILES string of the molecule is CCC1C[CH-]CC1.[CH3-].[Y]. The number of hydrogen-bond donors (Lipinski definition) is 0. The van der Waals surface area contributed by atoms with E-state index in [1.165, 1.54) is 25.7 Å². The molecule has 0 aliphatic heterocycles. The minimum absolute atomic E-state index is 0. The quantitative estimate of drug-likeness (QED) is 0.572. The first-order valence-corrected chi connectivity index (χ1v) is 3.25. The monoisotopic (exact) mass is 201 g/mol. The van der Waals surface area contributed by atoms with Gasteiger partial charge in [0.25, 0.3) is 0 Å². The Morgan fingerprint density at radius 1 is 1.56 bits per heavy atom. The molecule has 1 heteroatoms. The Morgan fingerprint density at radius 3 is 2.44 bits per heavy atom. The molecular formula is C8H16Y-2. The van der Waals surface area contributed by atoms with E-state index in [1.54, 1.807) is 0 Å². The summed E-state index contributed by atoms with van der Waals surface area (Å²) in [7, 11) is 0. The first-order valence-electron chi connectivity index (χ1n) is 3.25. The van der Waals surface area contributed by atoms with Gasteiger partial charge in [-0.05, 0) is 0 Å². The Hall–Kier alpha value is 1.10. The van der Waals surface area contributed by atoms with E-state index in [0.29, 0.717) is 0 Å². The third kappa shape index (κ3) is 4.50. The fraction of sp³-hybridized carbons (Fsp3) is 0.750. The van der Waals surface area contributed by atoms with Crippen LogP contribution < -0.4 is 0 Å². The Labute approximate surface area is 84.7 Å². The predicted octanol–water partition coefficient (Wildman–Crippen LogP) is 2.85. The van der Waals surface area contributed by atoms with Crippen LogP contribution in [0.2, 0.25) is 0 Å². The molecule has 9 heavy (non-hydrogen) atoms. The van der Waals surface area contributed by atoms with E-state index < -0.39 is 0 Å². The molecule has 0 spiro atoms. The van der Waals surface area contributed by atoms with Crippen LogP contribution in [0.15, 0.2) is 0 Å². The maximum atomic E-state index is 2.41. The molecule has 0 aromatic heterocycles. The first-order chi connectivity index (χ1) is 3.43. The van der Waals surface area contributed by atoms with Gasteiger partial charge >= 0.3 is 0 Å². The normalized spacial score (nSPS) is 24.3. The van der Waals surface area contributed by atoms with Crippen molar-refractivity contribution in [3.63, 3.8) is 0 Å². The molecule has 0 N–H and O–H groups in total.